The van der Waals surface area contributed by atoms with Crippen molar-refractivity contribution < 1.29 is 4.79 Å². The summed E-state index contributed by atoms with van der Waals surface area (Å²) in [6, 6.07) is 3.64. The van der Waals surface area contributed by atoms with Gasteiger partial charge in [-0.25, -0.2) is 0 Å². The first-order valence-electron chi connectivity index (χ1n) is 9.10. The van der Waals surface area contributed by atoms with Gasteiger partial charge in [-0.1, -0.05) is 0 Å². The van der Waals surface area contributed by atoms with Crippen molar-refractivity contribution in [3.05, 3.63) is 53.9 Å². The number of aryl methyl sites for hydroxylation is 2. The van der Waals surface area contributed by atoms with Crippen molar-refractivity contribution in [1.29, 1.82) is 0 Å². The van der Waals surface area contributed by atoms with E-state index in [0.29, 0.717) is 25.5 Å². The Morgan fingerprint density at radius 2 is 1.93 bits per heavy atom. The van der Waals surface area contributed by atoms with Gasteiger partial charge >= 0.3 is 0 Å². The van der Waals surface area contributed by atoms with Crippen LogP contribution >= 0.6 is 0 Å². The SMILES string of the molecule is Cc1nn(C)cc1CN1CCN(C(=O)c2ccn(Cn3cccn3)n2)CC1. The molecule has 0 bridgehead atoms. The smallest absolute Gasteiger partial charge is 0.274 e. The third-order valence-corrected chi connectivity index (χ3v) is 4.88. The molecule has 1 fully saturated rings. The predicted octanol–water partition coefficient (Wildman–Crippen LogP) is 0.585. The minimum absolute atomic E-state index is 0.00794. The van der Waals surface area contributed by atoms with Crippen molar-refractivity contribution in [1.82, 2.24) is 39.1 Å². The summed E-state index contributed by atoms with van der Waals surface area (Å²) in [5.74, 6) is -0.00794. The molecule has 0 unspecified atom stereocenters. The van der Waals surface area contributed by atoms with Crippen LogP contribution in [0.15, 0.2) is 36.9 Å². The maximum absolute atomic E-state index is 12.7. The molecule has 1 aliphatic rings. The van der Waals surface area contributed by atoms with Crippen LogP contribution in [0.2, 0.25) is 0 Å². The maximum atomic E-state index is 12.7. The molecule has 142 valence electrons. The Morgan fingerprint density at radius 1 is 1.11 bits per heavy atom. The van der Waals surface area contributed by atoms with Crippen LogP contribution in [-0.4, -0.2) is 71.2 Å². The van der Waals surface area contributed by atoms with Gasteiger partial charge in [0.1, 0.15) is 12.4 Å². The molecule has 0 aliphatic carbocycles. The molecule has 0 saturated carbocycles. The Morgan fingerprint density at radius 3 is 2.59 bits per heavy atom. The van der Waals surface area contributed by atoms with E-state index in [4.69, 9.17) is 0 Å². The first-order chi connectivity index (χ1) is 13.1. The van der Waals surface area contributed by atoms with Gasteiger partial charge in [0.25, 0.3) is 5.91 Å². The summed E-state index contributed by atoms with van der Waals surface area (Å²) in [5, 5.41) is 13.0. The summed E-state index contributed by atoms with van der Waals surface area (Å²) in [5.41, 5.74) is 2.80. The quantitative estimate of drug-likeness (QED) is 0.659. The number of carbonyl (C=O) groups is 1. The van der Waals surface area contributed by atoms with Gasteiger partial charge in [-0.15, -0.1) is 0 Å². The third kappa shape index (κ3) is 3.92. The van der Waals surface area contributed by atoms with Crippen molar-refractivity contribution in [2.45, 2.75) is 20.1 Å². The zero-order valence-electron chi connectivity index (χ0n) is 15.7. The molecule has 4 heterocycles. The molecule has 4 rings (SSSR count). The number of piperazine rings is 1. The van der Waals surface area contributed by atoms with Crippen molar-refractivity contribution in [3.63, 3.8) is 0 Å². The highest BCUT2D eigenvalue weighted by Gasteiger charge is 2.24. The van der Waals surface area contributed by atoms with Crippen LogP contribution in [-0.2, 0) is 20.3 Å². The van der Waals surface area contributed by atoms with Crippen molar-refractivity contribution in [2.24, 2.45) is 7.05 Å². The second kappa shape index (κ2) is 7.36. The van der Waals surface area contributed by atoms with Crippen LogP contribution in [0.1, 0.15) is 21.7 Å². The average Bonchev–Trinajstić information content (AvgIpc) is 3.39. The molecule has 0 atom stereocenters. The number of amides is 1. The number of carbonyl (C=O) groups excluding carboxylic acids is 1. The van der Waals surface area contributed by atoms with E-state index in [-0.39, 0.29) is 5.91 Å². The van der Waals surface area contributed by atoms with Crippen molar-refractivity contribution in [3.8, 4) is 0 Å². The molecule has 1 aliphatic heterocycles. The van der Waals surface area contributed by atoms with Crippen LogP contribution in [0.3, 0.4) is 0 Å². The number of hydrogen-bond acceptors (Lipinski definition) is 5. The lowest BCUT2D eigenvalue weighted by molar-refractivity contribution is 0.0621. The van der Waals surface area contributed by atoms with Crippen molar-refractivity contribution in [2.75, 3.05) is 26.2 Å². The van der Waals surface area contributed by atoms with E-state index in [1.165, 1.54) is 5.56 Å². The Kier molecular flexibility index (Phi) is 4.76. The van der Waals surface area contributed by atoms with Gasteiger partial charge in [-0.3, -0.25) is 23.7 Å². The van der Waals surface area contributed by atoms with Gasteiger partial charge < -0.3 is 4.90 Å². The topological polar surface area (TPSA) is 77.0 Å². The molecule has 1 amide bonds. The fourth-order valence-corrected chi connectivity index (χ4v) is 3.40. The molecular formula is C18H24N8O. The molecule has 3 aromatic heterocycles. The summed E-state index contributed by atoms with van der Waals surface area (Å²) >= 11 is 0. The maximum Gasteiger partial charge on any atom is 0.274 e. The monoisotopic (exact) mass is 368 g/mol. The van der Waals surface area contributed by atoms with Crippen LogP contribution in [0, 0.1) is 6.92 Å². The Bertz CT molecular complexity index is 902. The van der Waals surface area contributed by atoms with E-state index in [1.54, 1.807) is 21.6 Å². The van der Waals surface area contributed by atoms with Crippen LogP contribution in [0.25, 0.3) is 0 Å². The zero-order chi connectivity index (χ0) is 18.8. The van der Waals surface area contributed by atoms with E-state index in [2.05, 4.69) is 26.4 Å². The predicted molar refractivity (Wildman–Crippen MR) is 99.0 cm³/mol. The highest BCUT2D eigenvalue weighted by atomic mass is 16.2. The number of aromatic nitrogens is 6. The van der Waals surface area contributed by atoms with Gasteiger partial charge in [0.15, 0.2) is 0 Å². The van der Waals surface area contributed by atoms with Gasteiger partial charge in [-0.05, 0) is 19.1 Å². The second-order valence-electron chi connectivity index (χ2n) is 6.91. The second-order valence-corrected chi connectivity index (χ2v) is 6.91. The minimum Gasteiger partial charge on any atom is -0.335 e. The third-order valence-electron chi connectivity index (χ3n) is 4.88. The Balaban J connectivity index is 1.32. The van der Waals surface area contributed by atoms with E-state index in [9.17, 15) is 4.79 Å². The fraction of sp³-hybridized carbons (Fsp3) is 0.444. The van der Waals surface area contributed by atoms with Gasteiger partial charge in [0.05, 0.1) is 5.69 Å². The first-order valence-corrected chi connectivity index (χ1v) is 9.10. The fourth-order valence-electron chi connectivity index (χ4n) is 3.40. The van der Waals surface area contributed by atoms with Gasteiger partial charge in [0.2, 0.25) is 0 Å². The van der Waals surface area contributed by atoms with Crippen LogP contribution in [0.4, 0.5) is 0 Å². The van der Waals surface area contributed by atoms with E-state index in [1.807, 2.05) is 42.0 Å². The molecule has 0 aromatic carbocycles. The molecule has 9 heteroatoms. The summed E-state index contributed by atoms with van der Waals surface area (Å²) < 4.78 is 5.34. The van der Waals surface area contributed by atoms with Crippen LogP contribution in [0.5, 0.6) is 0 Å². The minimum atomic E-state index is -0.00794. The normalized spacial score (nSPS) is 15.4. The van der Waals surface area contributed by atoms with E-state index < -0.39 is 0 Å². The average molecular weight is 368 g/mol. The largest absolute Gasteiger partial charge is 0.335 e. The summed E-state index contributed by atoms with van der Waals surface area (Å²) in [7, 11) is 1.94. The molecule has 0 radical (unpaired) electrons. The Hall–Kier alpha value is -2.94. The molecular weight excluding hydrogens is 344 g/mol. The number of rotatable bonds is 5. The van der Waals surface area contributed by atoms with E-state index in [0.717, 1.165) is 25.3 Å². The molecule has 0 spiro atoms. The number of hydrogen-bond donors (Lipinski definition) is 0. The zero-order valence-corrected chi connectivity index (χ0v) is 15.7. The van der Waals surface area contributed by atoms with Gasteiger partial charge in [-0.2, -0.15) is 15.3 Å². The van der Waals surface area contributed by atoms with Crippen molar-refractivity contribution >= 4 is 5.91 Å². The van der Waals surface area contributed by atoms with Gasteiger partial charge in [0, 0.05) is 70.1 Å². The van der Waals surface area contributed by atoms with Crippen LogP contribution < -0.4 is 0 Å². The Labute approximate surface area is 157 Å². The highest BCUT2D eigenvalue weighted by molar-refractivity contribution is 5.92. The first kappa shape index (κ1) is 17.5. The lowest BCUT2D eigenvalue weighted by Gasteiger charge is -2.34. The molecule has 9 nitrogen and oxygen atoms in total. The summed E-state index contributed by atoms with van der Waals surface area (Å²) in [6.07, 6.45) is 7.48. The lowest BCUT2D eigenvalue weighted by Crippen LogP contribution is -2.48. The summed E-state index contributed by atoms with van der Waals surface area (Å²) in [6.45, 7) is 6.55. The molecule has 1 saturated heterocycles. The standard InChI is InChI=1S/C18H24N8O/c1-15-16(12-22(2)20-15)13-23-8-10-24(11-9-23)18(27)17-4-7-26(21-17)14-25-6-3-5-19-25/h3-7,12H,8-11,13-14H2,1-2H3. The van der Waals surface area contributed by atoms with E-state index >= 15 is 0 Å². The number of nitrogens with zero attached hydrogens (tertiary/aromatic N) is 8. The summed E-state index contributed by atoms with van der Waals surface area (Å²) in [4.78, 5) is 17.0. The lowest BCUT2D eigenvalue weighted by atomic mass is 10.2. The molecule has 0 N–H and O–H groups in total. The molecule has 27 heavy (non-hydrogen) atoms. The highest BCUT2D eigenvalue weighted by Crippen LogP contribution is 2.13. The molecule has 3 aromatic rings.